The zero-order valence-corrected chi connectivity index (χ0v) is 12.0. The van der Waals surface area contributed by atoms with Crippen LogP contribution in [0.2, 0.25) is 0 Å². The minimum absolute atomic E-state index is 0.0932. The van der Waals surface area contributed by atoms with Crippen LogP contribution in [-0.2, 0) is 0 Å². The van der Waals surface area contributed by atoms with Crippen molar-refractivity contribution in [2.24, 2.45) is 0 Å². The van der Waals surface area contributed by atoms with Crippen molar-refractivity contribution in [3.05, 3.63) is 0 Å². The van der Waals surface area contributed by atoms with Gasteiger partial charge in [-0.3, -0.25) is 0 Å². The molecular weight excluding hydrogens is 412 g/mol. The van der Waals surface area contributed by atoms with E-state index in [1.807, 2.05) is 6.92 Å². The summed E-state index contributed by atoms with van der Waals surface area (Å²) in [6.45, 7) is 1.93. The summed E-state index contributed by atoms with van der Waals surface area (Å²) in [4.78, 5) is -0.0932. The number of rotatable bonds is 3. The minimum atomic E-state index is -1.98. The monoisotopic (exact) mass is 416 g/mol. The molecular formula is C5H8Br4O2. The van der Waals surface area contributed by atoms with Crippen molar-refractivity contribution >= 4 is 63.7 Å². The van der Waals surface area contributed by atoms with Crippen LogP contribution in [0.3, 0.4) is 0 Å². The topological polar surface area (TPSA) is 40.5 Å². The molecule has 0 aliphatic carbocycles. The highest BCUT2D eigenvalue weighted by atomic mass is 79.9. The maximum atomic E-state index is 9.20. The molecule has 0 aromatic rings. The predicted octanol–water partition coefficient (Wildman–Crippen LogP) is 2.68. The van der Waals surface area contributed by atoms with E-state index in [0.29, 0.717) is 0 Å². The lowest BCUT2D eigenvalue weighted by atomic mass is 10.2. The Kier molecular flexibility index (Phi) is 5.10. The van der Waals surface area contributed by atoms with Gasteiger partial charge in [0.25, 0.3) is 0 Å². The van der Waals surface area contributed by atoms with E-state index in [2.05, 4.69) is 63.7 Å². The third-order valence-electron chi connectivity index (χ3n) is 1.18. The average molecular weight is 420 g/mol. The molecule has 0 saturated heterocycles. The molecule has 6 heteroatoms. The molecule has 0 fully saturated rings. The lowest BCUT2D eigenvalue weighted by molar-refractivity contribution is -0.0733. The second-order valence-corrected chi connectivity index (χ2v) is 7.86. The first-order valence-corrected chi connectivity index (χ1v) is 6.18. The van der Waals surface area contributed by atoms with E-state index < -0.39 is 7.93 Å². The zero-order valence-electron chi connectivity index (χ0n) is 5.69. The Morgan fingerprint density at radius 1 is 1.27 bits per heavy atom. The molecule has 0 aromatic heterocycles. The van der Waals surface area contributed by atoms with Crippen LogP contribution in [0.1, 0.15) is 13.3 Å². The van der Waals surface area contributed by atoms with Crippen molar-refractivity contribution < 1.29 is 10.2 Å². The summed E-state index contributed by atoms with van der Waals surface area (Å²) in [5, 5.41) is 18.4. The first-order chi connectivity index (χ1) is 4.73. The van der Waals surface area contributed by atoms with Gasteiger partial charge < -0.3 is 10.2 Å². The fourth-order valence-electron chi connectivity index (χ4n) is 0.456. The highest BCUT2D eigenvalue weighted by molar-refractivity contribution is 9.27. The van der Waals surface area contributed by atoms with Gasteiger partial charge in [0.2, 0.25) is 4.70 Å². The van der Waals surface area contributed by atoms with Crippen LogP contribution in [0, 0.1) is 0 Å². The van der Waals surface area contributed by atoms with Crippen molar-refractivity contribution in [2.45, 2.75) is 26.1 Å². The fourth-order valence-corrected chi connectivity index (χ4v) is 2.01. The van der Waals surface area contributed by atoms with Crippen molar-refractivity contribution in [1.82, 2.24) is 0 Å². The molecule has 0 radical (unpaired) electrons. The van der Waals surface area contributed by atoms with Crippen molar-refractivity contribution in [3.63, 3.8) is 0 Å². The summed E-state index contributed by atoms with van der Waals surface area (Å²) in [7, 11) is 0. The van der Waals surface area contributed by atoms with E-state index in [-0.39, 0.29) is 4.83 Å². The van der Waals surface area contributed by atoms with Gasteiger partial charge in [0.05, 0.1) is 0 Å². The van der Waals surface area contributed by atoms with E-state index in [4.69, 9.17) is 0 Å². The number of halogens is 4. The van der Waals surface area contributed by atoms with Crippen LogP contribution in [0.5, 0.6) is 0 Å². The molecule has 0 saturated carbocycles. The molecule has 0 spiro atoms. The second-order valence-electron chi connectivity index (χ2n) is 2.09. The molecule has 0 amide bonds. The summed E-state index contributed by atoms with van der Waals surface area (Å²) in [6, 6.07) is 0. The Hall–Kier alpha value is 1.84. The van der Waals surface area contributed by atoms with E-state index in [9.17, 15) is 10.2 Å². The molecule has 1 unspecified atom stereocenters. The normalized spacial score (nSPS) is 16.6. The Balaban J connectivity index is 4.45. The first kappa shape index (κ1) is 12.8. The summed E-state index contributed by atoms with van der Waals surface area (Å²) in [6.07, 6.45) is 0.755. The summed E-state index contributed by atoms with van der Waals surface area (Å²) < 4.78 is -2.97. The SMILES string of the molecule is CCC(Br)C(Br)(Br)C(O)(O)Br. The van der Waals surface area contributed by atoms with Crippen LogP contribution in [-0.4, -0.2) is 23.0 Å². The molecule has 2 N–H and O–H groups in total. The Morgan fingerprint density at radius 2 is 1.64 bits per heavy atom. The van der Waals surface area contributed by atoms with Gasteiger partial charge in [-0.2, -0.15) is 0 Å². The van der Waals surface area contributed by atoms with Crippen LogP contribution in [0.15, 0.2) is 0 Å². The minimum Gasteiger partial charge on any atom is -0.355 e. The van der Waals surface area contributed by atoms with Gasteiger partial charge in [-0.1, -0.05) is 54.7 Å². The molecule has 68 valence electrons. The molecule has 0 rings (SSSR count). The van der Waals surface area contributed by atoms with Gasteiger partial charge in [0.1, 0.15) is 0 Å². The third kappa shape index (κ3) is 3.23. The summed E-state index contributed by atoms with van der Waals surface area (Å²) in [5.41, 5.74) is 0. The van der Waals surface area contributed by atoms with Gasteiger partial charge in [0.15, 0.2) is 3.23 Å². The van der Waals surface area contributed by atoms with E-state index in [0.717, 1.165) is 6.42 Å². The molecule has 0 bridgehead atoms. The molecule has 0 aliphatic rings. The maximum absolute atomic E-state index is 9.20. The predicted molar refractivity (Wildman–Crippen MR) is 59.7 cm³/mol. The molecule has 1 atom stereocenters. The smallest absolute Gasteiger partial charge is 0.248 e. The van der Waals surface area contributed by atoms with Gasteiger partial charge in [-0.05, 0) is 22.4 Å². The maximum Gasteiger partial charge on any atom is 0.248 e. The van der Waals surface area contributed by atoms with Gasteiger partial charge in [-0.25, -0.2) is 0 Å². The van der Waals surface area contributed by atoms with Crippen molar-refractivity contribution in [2.75, 3.05) is 0 Å². The first-order valence-electron chi connectivity index (χ1n) is 2.89. The molecule has 0 aromatic carbocycles. The Bertz CT molecular complexity index is 131. The molecule has 2 nitrogen and oxygen atoms in total. The molecule has 0 heterocycles. The second kappa shape index (κ2) is 4.37. The average Bonchev–Trinajstić information content (AvgIpc) is 1.83. The van der Waals surface area contributed by atoms with Crippen molar-refractivity contribution in [1.29, 1.82) is 0 Å². The fraction of sp³-hybridized carbons (Fsp3) is 1.00. The standard InChI is InChI=1S/C5H8Br4O2/c1-2-3(6)4(7,8)5(9,10)11/h3,10-11H,2H2,1H3. The highest BCUT2D eigenvalue weighted by Gasteiger charge is 2.48. The van der Waals surface area contributed by atoms with E-state index in [1.165, 1.54) is 0 Å². The Morgan fingerprint density at radius 3 is 1.73 bits per heavy atom. The quantitative estimate of drug-likeness (QED) is 0.545. The summed E-state index contributed by atoms with van der Waals surface area (Å²) >= 11 is 12.3. The molecule has 0 aliphatic heterocycles. The summed E-state index contributed by atoms with van der Waals surface area (Å²) in [5.74, 6) is 0. The third-order valence-corrected chi connectivity index (χ3v) is 7.64. The Labute approximate surface area is 99.3 Å². The van der Waals surface area contributed by atoms with Crippen LogP contribution in [0.25, 0.3) is 0 Å². The van der Waals surface area contributed by atoms with Crippen LogP contribution >= 0.6 is 63.7 Å². The lowest BCUT2D eigenvalue weighted by Crippen LogP contribution is -2.45. The lowest BCUT2D eigenvalue weighted by Gasteiger charge is -2.33. The van der Waals surface area contributed by atoms with E-state index >= 15 is 0 Å². The number of hydrogen-bond acceptors (Lipinski definition) is 2. The van der Waals surface area contributed by atoms with E-state index in [1.54, 1.807) is 0 Å². The molecule has 11 heavy (non-hydrogen) atoms. The number of alkyl halides is 4. The number of aliphatic hydroxyl groups is 2. The van der Waals surface area contributed by atoms with Crippen LogP contribution < -0.4 is 0 Å². The van der Waals surface area contributed by atoms with Crippen molar-refractivity contribution in [3.8, 4) is 0 Å². The highest BCUT2D eigenvalue weighted by Crippen LogP contribution is 2.46. The van der Waals surface area contributed by atoms with Gasteiger partial charge in [-0.15, -0.1) is 0 Å². The number of hydrogen-bond donors (Lipinski definition) is 2. The van der Waals surface area contributed by atoms with Gasteiger partial charge in [0, 0.05) is 4.83 Å². The zero-order chi connectivity index (χ0) is 9.28. The van der Waals surface area contributed by atoms with Crippen LogP contribution in [0.4, 0.5) is 0 Å². The van der Waals surface area contributed by atoms with Gasteiger partial charge >= 0.3 is 0 Å². The largest absolute Gasteiger partial charge is 0.355 e.